The summed E-state index contributed by atoms with van der Waals surface area (Å²) in [5, 5.41) is 3.42. The van der Waals surface area contributed by atoms with Gasteiger partial charge in [-0.05, 0) is 44.7 Å². The van der Waals surface area contributed by atoms with Crippen LogP contribution in [-0.2, 0) is 4.79 Å². The van der Waals surface area contributed by atoms with Crippen molar-refractivity contribution >= 4 is 5.91 Å². The summed E-state index contributed by atoms with van der Waals surface area (Å²) in [7, 11) is 0. The lowest BCUT2D eigenvalue weighted by molar-refractivity contribution is -0.135. The van der Waals surface area contributed by atoms with Gasteiger partial charge in [-0.2, -0.15) is 0 Å². The predicted molar refractivity (Wildman–Crippen MR) is 59.8 cm³/mol. The summed E-state index contributed by atoms with van der Waals surface area (Å²) in [4.78, 5) is 17.0. The molecule has 1 N–H and O–H groups in total. The molecule has 4 nitrogen and oxygen atoms in total. The number of amides is 1. The maximum absolute atomic E-state index is 12.3. The highest BCUT2D eigenvalue weighted by Crippen LogP contribution is 2.42. The summed E-state index contributed by atoms with van der Waals surface area (Å²) in [5.74, 6) is 1.16. The van der Waals surface area contributed by atoms with Crippen LogP contribution in [0, 0.1) is 5.92 Å². The molecule has 2 bridgehead atoms. The molecule has 5 rings (SSSR count). The number of rotatable bonds is 1. The van der Waals surface area contributed by atoms with Crippen molar-refractivity contribution in [2.75, 3.05) is 26.3 Å². The van der Waals surface area contributed by atoms with Crippen molar-refractivity contribution in [3.05, 3.63) is 0 Å². The second-order valence-electron chi connectivity index (χ2n) is 5.90. The van der Waals surface area contributed by atoms with Gasteiger partial charge in [-0.1, -0.05) is 0 Å². The second-order valence-corrected chi connectivity index (χ2v) is 5.90. The molecule has 16 heavy (non-hydrogen) atoms. The Labute approximate surface area is 96.0 Å². The highest BCUT2D eigenvalue weighted by atomic mass is 16.2. The summed E-state index contributed by atoms with van der Waals surface area (Å²) in [6.45, 7) is 4.42. The molecule has 4 aliphatic heterocycles. The van der Waals surface area contributed by atoms with Crippen LogP contribution in [0.4, 0.5) is 0 Å². The van der Waals surface area contributed by atoms with Crippen molar-refractivity contribution in [2.45, 2.75) is 37.3 Å². The SMILES string of the molecule is O=C1N(C2CN3CCC2CC3)CNC12CC2. The molecular formula is C12H19N3O. The number of fused-ring (bicyclic) bond motifs is 3. The first-order chi connectivity index (χ1) is 7.78. The first kappa shape index (κ1) is 9.42. The minimum Gasteiger partial charge on any atom is -0.324 e. The molecule has 4 heterocycles. The van der Waals surface area contributed by atoms with Crippen LogP contribution in [0.15, 0.2) is 0 Å². The van der Waals surface area contributed by atoms with Gasteiger partial charge in [0.2, 0.25) is 5.91 Å². The third kappa shape index (κ3) is 1.14. The lowest BCUT2D eigenvalue weighted by Crippen LogP contribution is -2.58. The van der Waals surface area contributed by atoms with E-state index in [1.165, 1.54) is 25.9 Å². The van der Waals surface area contributed by atoms with Crippen molar-refractivity contribution in [1.82, 2.24) is 15.1 Å². The first-order valence-corrected chi connectivity index (χ1v) is 6.57. The third-order valence-corrected chi connectivity index (χ3v) is 5.03. The molecule has 1 unspecified atom stereocenters. The van der Waals surface area contributed by atoms with E-state index in [2.05, 4.69) is 15.1 Å². The largest absolute Gasteiger partial charge is 0.324 e. The van der Waals surface area contributed by atoms with E-state index in [1.807, 2.05) is 0 Å². The van der Waals surface area contributed by atoms with E-state index < -0.39 is 0 Å². The summed E-state index contributed by atoms with van der Waals surface area (Å²) >= 11 is 0. The maximum Gasteiger partial charge on any atom is 0.244 e. The van der Waals surface area contributed by atoms with Gasteiger partial charge in [0.15, 0.2) is 0 Å². The quantitative estimate of drug-likeness (QED) is 0.677. The zero-order valence-electron chi connectivity index (χ0n) is 9.61. The Morgan fingerprint density at radius 3 is 2.50 bits per heavy atom. The van der Waals surface area contributed by atoms with Crippen molar-refractivity contribution in [3.8, 4) is 0 Å². The molecule has 1 aliphatic carbocycles. The van der Waals surface area contributed by atoms with E-state index in [1.54, 1.807) is 0 Å². The van der Waals surface area contributed by atoms with Crippen LogP contribution >= 0.6 is 0 Å². The fourth-order valence-electron chi connectivity index (χ4n) is 3.73. The standard InChI is InChI=1S/C12H19N3O/c16-11-12(3-4-12)13-8-15(11)10-7-14-5-1-9(10)2-6-14/h9-10,13H,1-8H2. The first-order valence-electron chi connectivity index (χ1n) is 6.57. The topological polar surface area (TPSA) is 35.6 Å². The summed E-state index contributed by atoms with van der Waals surface area (Å²) < 4.78 is 0. The van der Waals surface area contributed by atoms with Gasteiger partial charge >= 0.3 is 0 Å². The third-order valence-electron chi connectivity index (χ3n) is 5.03. The van der Waals surface area contributed by atoms with Crippen molar-refractivity contribution in [2.24, 2.45) is 5.92 Å². The molecule has 0 aromatic rings. The van der Waals surface area contributed by atoms with E-state index in [0.717, 1.165) is 32.0 Å². The lowest BCUT2D eigenvalue weighted by Gasteiger charge is -2.47. The fraction of sp³-hybridized carbons (Fsp3) is 0.917. The average molecular weight is 221 g/mol. The number of hydrogen-bond donors (Lipinski definition) is 1. The molecule has 0 aromatic carbocycles. The molecule has 88 valence electrons. The molecule has 1 atom stereocenters. The lowest BCUT2D eigenvalue weighted by atomic mass is 9.83. The zero-order chi connectivity index (χ0) is 10.8. The number of nitrogens with one attached hydrogen (secondary N) is 1. The van der Waals surface area contributed by atoms with Gasteiger partial charge in [0.05, 0.1) is 12.2 Å². The number of carbonyl (C=O) groups is 1. The molecule has 0 aromatic heterocycles. The minimum absolute atomic E-state index is 0.105. The molecule has 0 radical (unpaired) electrons. The van der Waals surface area contributed by atoms with Crippen LogP contribution in [0.2, 0.25) is 0 Å². The van der Waals surface area contributed by atoms with Crippen LogP contribution in [0.25, 0.3) is 0 Å². The van der Waals surface area contributed by atoms with Crippen molar-refractivity contribution in [3.63, 3.8) is 0 Å². The van der Waals surface area contributed by atoms with Crippen LogP contribution < -0.4 is 5.32 Å². The van der Waals surface area contributed by atoms with E-state index >= 15 is 0 Å². The molecule has 1 spiro atoms. The number of hydrogen-bond acceptors (Lipinski definition) is 3. The van der Waals surface area contributed by atoms with Gasteiger partial charge in [-0.15, -0.1) is 0 Å². The number of nitrogens with zero attached hydrogens (tertiary/aromatic N) is 2. The Hall–Kier alpha value is -0.610. The van der Waals surface area contributed by atoms with E-state index in [9.17, 15) is 4.79 Å². The second kappa shape index (κ2) is 2.99. The Bertz CT molecular complexity index is 331. The Kier molecular flexibility index (Phi) is 1.76. The number of piperidine rings is 3. The number of carbonyl (C=O) groups excluding carboxylic acids is 1. The highest BCUT2D eigenvalue weighted by Gasteiger charge is 2.57. The van der Waals surface area contributed by atoms with Gasteiger partial charge in [0, 0.05) is 12.6 Å². The molecule has 5 fully saturated rings. The zero-order valence-corrected chi connectivity index (χ0v) is 9.61. The smallest absolute Gasteiger partial charge is 0.244 e. The Morgan fingerprint density at radius 2 is 2.00 bits per heavy atom. The van der Waals surface area contributed by atoms with E-state index in [0.29, 0.717) is 11.9 Å². The predicted octanol–water partition coefficient (Wildman–Crippen LogP) is 0.00250. The van der Waals surface area contributed by atoms with E-state index in [4.69, 9.17) is 0 Å². The van der Waals surface area contributed by atoms with Crippen molar-refractivity contribution < 1.29 is 4.79 Å². The normalized spacial score (nSPS) is 44.4. The average Bonchev–Trinajstić information content (AvgIpc) is 3.04. The van der Waals surface area contributed by atoms with Gasteiger partial charge in [-0.3, -0.25) is 10.1 Å². The van der Waals surface area contributed by atoms with Crippen LogP contribution in [-0.4, -0.2) is 53.6 Å². The monoisotopic (exact) mass is 221 g/mol. The van der Waals surface area contributed by atoms with Crippen molar-refractivity contribution in [1.29, 1.82) is 0 Å². The molecule has 1 saturated carbocycles. The minimum atomic E-state index is -0.105. The molecule has 1 amide bonds. The Morgan fingerprint density at radius 1 is 1.25 bits per heavy atom. The van der Waals surface area contributed by atoms with Gasteiger partial charge in [0.25, 0.3) is 0 Å². The Balaban J connectivity index is 1.56. The van der Waals surface area contributed by atoms with E-state index in [-0.39, 0.29) is 5.54 Å². The highest BCUT2D eigenvalue weighted by molar-refractivity contribution is 5.91. The molecular weight excluding hydrogens is 202 g/mol. The van der Waals surface area contributed by atoms with Gasteiger partial charge in [0.1, 0.15) is 0 Å². The molecule has 4 saturated heterocycles. The molecule has 4 heteroatoms. The van der Waals surface area contributed by atoms with Crippen LogP contribution in [0.5, 0.6) is 0 Å². The fourth-order valence-corrected chi connectivity index (χ4v) is 3.73. The summed E-state index contributed by atoms with van der Waals surface area (Å²) in [5.41, 5.74) is -0.105. The summed E-state index contributed by atoms with van der Waals surface area (Å²) in [6.07, 6.45) is 4.70. The van der Waals surface area contributed by atoms with Gasteiger partial charge in [-0.25, -0.2) is 0 Å². The molecule has 5 aliphatic rings. The van der Waals surface area contributed by atoms with Gasteiger partial charge < -0.3 is 9.80 Å². The van der Waals surface area contributed by atoms with Crippen LogP contribution in [0.1, 0.15) is 25.7 Å². The van der Waals surface area contributed by atoms with Crippen LogP contribution in [0.3, 0.4) is 0 Å². The maximum atomic E-state index is 12.3. The summed E-state index contributed by atoms with van der Waals surface area (Å²) in [6, 6.07) is 0.502.